The van der Waals surface area contributed by atoms with Gasteiger partial charge in [0.25, 0.3) is 0 Å². The van der Waals surface area contributed by atoms with Crippen LogP contribution in [0.15, 0.2) is 48.5 Å². The maximum atomic E-state index is 12.0. The van der Waals surface area contributed by atoms with E-state index in [0.29, 0.717) is 11.5 Å². The Labute approximate surface area is 133 Å². The summed E-state index contributed by atoms with van der Waals surface area (Å²) in [6.07, 6.45) is 0. The van der Waals surface area contributed by atoms with Gasteiger partial charge in [0.1, 0.15) is 5.75 Å². The van der Waals surface area contributed by atoms with Gasteiger partial charge in [-0.15, -0.1) is 0 Å². The van der Waals surface area contributed by atoms with Gasteiger partial charge in [-0.05, 0) is 58.3 Å². The molecule has 0 aliphatic heterocycles. The van der Waals surface area contributed by atoms with Crippen LogP contribution >= 0.6 is 22.6 Å². The normalized spacial score (nSPS) is 10.6. The van der Waals surface area contributed by atoms with Crippen molar-refractivity contribution in [3.05, 3.63) is 63.2 Å². The summed E-state index contributed by atoms with van der Waals surface area (Å²) in [7, 11) is 0. The fourth-order valence-electron chi connectivity index (χ4n) is 1.83. The molecule has 0 heterocycles. The van der Waals surface area contributed by atoms with E-state index in [1.54, 1.807) is 0 Å². The number of halogens is 1. The predicted molar refractivity (Wildman–Crippen MR) is 89.5 cm³/mol. The summed E-state index contributed by atoms with van der Waals surface area (Å²) in [4.78, 5) is 12.0. The molecule has 0 saturated carbocycles. The van der Waals surface area contributed by atoms with Gasteiger partial charge < -0.3 is 4.74 Å². The third-order valence-electron chi connectivity index (χ3n) is 3.06. The van der Waals surface area contributed by atoms with Crippen LogP contribution in [0.2, 0.25) is 0 Å². The van der Waals surface area contributed by atoms with E-state index >= 15 is 0 Å². The molecule has 2 nitrogen and oxygen atoms in total. The molecule has 0 fully saturated rings. The Bertz CT molecular complexity index is 588. The maximum absolute atomic E-state index is 12.0. The summed E-state index contributed by atoms with van der Waals surface area (Å²) >= 11 is 2.22. The van der Waals surface area contributed by atoms with Gasteiger partial charge in [0.2, 0.25) is 0 Å². The molecule has 0 spiro atoms. The molecule has 0 amide bonds. The van der Waals surface area contributed by atoms with E-state index in [-0.39, 0.29) is 12.4 Å². The molecular formula is C17H17IO2. The zero-order valence-electron chi connectivity index (χ0n) is 11.6. The molecule has 20 heavy (non-hydrogen) atoms. The van der Waals surface area contributed by atoms with Crippen molar-refractivity contribution in [1.82, 2.24) is 0 Å². The van der Waals surface area contributed by atoms with Crippen molar-refractivity contribution in [1.29, 1.82) is 0 Å². The van der Waals surface area contributed by atoms with E-state index in [1.807, 2.05) is 42.5 Å². The fourth-order valence-corrected chi connectivity index (χ4v) is 2.19. The number of Topliss-reactive ketones (excluding diaryl/α,β-unsaturated/α-hetero) is 1. The van der Waals surface area contributed by atoms with Crippen molar-refractivity contribution in [2.75, 3.05) is 6.61 Å². The van der Waals surface area contributed by atoms with Crippen molar-refractivity contribution in [3.63, 3.8) is 0 Å². The average Bonchev–Trinajstić information content (AvgIpc) is 2.46. The Balaban J connectivity index is 1.99. The van der Waals surface area contributed by atoms with E-state index in [2.05, 4.69) is 42.5 Å². The van der Waals surface area contributed by atoms with Crippen LogP contribution in [0.4, 0.5) is 0 Å². The van der Waals surface area contributed by atoms with E-state index < -0.39 is 0 Å². The highest BCUT2D eigenvalue weighted by atomic mass is 127. The van der Waals surface area contributed by atoms with Crippen molar-refractivity contribution in [2.45, 2.75) is 19.8 Å². The molecule has 0 saturated heterocycles. The summed E-state index contributed by atoms with van der Waals surface area (Å²) in [5, 5.41) is 0. The van der Waals surface area contributed by atoms with E-state index in [1.165, 1.54) is 5.56 Å². The number of ether oxygens (including phenoxy) is 1. The largest absolute Gasteiger partial charge is 0.485 e. The predicted octanol–water partition coefficient (Wildman–Crippen LogP) is 4.68. The molecule has 0 bridgehead atoms. The minimum absolute atomic E-state index is 0.00338. The van der Waals surface area contributed by atoms with Crippen molar-refractivity contribution >= 4 is 28.4 Å². The Morgan fingerprint density at radius 2 is 1.85 bits per heavy atom. The van der Waals surface area contributed by atoms with Crippen LogP contribution in [-0.4, -0.2) is 12.4 Å². The molecule has 0 atom stereocenters. The Morgan fingerprint density at radius 3 is 2.50 bits per heavy atom. The zero-order chi connectivity index (χ0) is 14.5. The van der Waals surface area contributed by atoms with Crippen LogP contribution in [0.3, 0.4) is 0 Å². The molecule has 0 N–H and O–H groups in total. The minimum atomic E-state index is -0.00338. The average molecular weight is 380 g/mol. The molecule has 2 aromatic carbocycles. The molecular weight excluding hydrogens is 363 g/mol. The molecule has 0 aliphatic rings. The van der Waals surface area contributed by atoms with E-state index in [0.717, 1.165) is 9.32 Å². The number of carbonyl (C=O) groups is 1. The molecule has 3 heteroatoms. The summed E-state index contributed by atoms with van der Waals surface area (Å²) in [5.41, 5.74) is 1.90. The first-order valence-electron chi connectivity index (χ1n) is 6.58. The molecule has 0 aliphatic carbocycles. The van der Waals surface area contributed by atoms with Crippen molar-refractivity contribution in [2.24, 2.45) is 0 Å². The number of ketones is 1. The Morgan fingerprint density at radius 1 is 1.15 bits per heavy atom. The van der Waals surface area contributed by atoms with Gasteiger partial charge in [-0.3, -0.25) is 4.79 Å². The van der Waals surface area contributed by atoms with Crippen LogP contribution in [0, 0.1) is 3.57 Å². The number of carbonyl (C=O) groups excluding carboxylic acids is 1. The highest BCUT2D eigenvalue weighted by Gasteiger charge is 2.07. The van der Waals surface area contributed by atoms with E-state index in [9.17, 15) is 4.79 Å². The second-order valence-corrected chi connectivity index (χ2v) is 6.19. The van der Waals surface area contributed by atoms with Gasteiger partial charge in [0.15, 0.2) is 12.4 Å². The Hall–Kier alpha value is -1.36. The second-order valence-electron chi connectivity index (χ2n) is 4.95. The molecule has 0 aromatic heterocycles. The van der Waals surface area contributed by atoms with Gasteiger partial charge >= 0.3 is 0 Å². The smallest absolute Gasteiger partial charge is 0.200 e. The second kappa shape index (κ2) is 6.88. The number of hydrogen-bond acceptors (Lipinski definition) is 2. The van der Waals surface area contributed by atoms with Gasteiger partial charge in [0.05, 0.1) is 0 Å². The van der Waals surface area contributed by atoms with Crippen LogP contribution in [0.1, 0.15) is 35.7 Å². The van der Waals surface area contributed by atoms with Gasteiger partial charge in [-0.1, -0.05) is 38.1 Å². The number of rotatable bonds is 5. The van der Waals surface area contributed by atoms with Crippen LogP contribution < -0.4 is 4.74 Å². The summed E-state index contributed by atoms with van der Waals surface area (Å²) in [6.45, 7) is 4.34. The number of benzene rings is 2. The minimum Gasteiger partial charge on any atom is -0.485 e. The summed E-state index contributed by atoms with van der Waals surface area (Å²) in [5.74, 6) is 1.19. The van der Waals surface area contributed by atoms with Gasteiger partial charge in [-0.2, -0.15) is 0 Å². The van der Waals surface area contributed by atoms with Crippen LogP contribution in [0.5, 0.6) is 5.75 Å². The van der Waals surface area contributed by atoms with Crippen LogP contribution in [0.25, 0.3) is 0 Å². The highest BCUT2D eigenvalue weighted by Crippen LogP contribution is 2.20. The first-order chi connectivity index (χ1) is 9.56. The maximum Gasteiger partial charge on any atom is 0.200 e. The molecule has 104 valence electrons. The first kappa shape index (κ1) is 15.0. The standard InChI is InChI=1S/C17H17IO2/c1-12(2)14-4-3-5-16(10-14)20-11-17(19)13-6-8-15(18)9-7-13/h3-10,12H,11H2,1-2H3. The number of hydrogen-bond donors (Lipinski definition) is 0. The molecule has 2 aromatic rings. The summed E-state index contributed by atoms with van der Waals surface area (Å²) < 4.78 is 6.71. The summed E-state index contributed by atoms with van der Waals surface area (Å²) in [6, 6.07) is 15.4. The van der Waals surface area contributed by atoms with Crippen molar-refractivity contribution < 1.29 is 9.53 Å². The van der Waals surface area contributed by atoms with Gasteiger partial charge in [0, 0.05) is 9.13 Å². The lowest BCUT2D eigenvalue weighted by molar-refractivity contribution is 0.0921. The lowest BCUT2D eigenvalue weighted by atomic mass is 10.0. The quantitative estimate of drug-likeness (QED) is 0.556. The molecule has 2 rings (SSSR count). The third kappa shape index (κ3) is 4.07. The highest BCUT2D eigenvalue weighted by molar-refractivity contribution is 14.1. The molecule has 0 radical (unpaired) electrons. The lowest BCUT2D eigenvalue weighted by Crippen LogP contribution is -2.11. The fraction of sp³-hybridized carbons (Fsp3) is 0.235. The monoisotopic (exact) mass is 380 g/mol. The van der Waals surface area contributed by atoms with Gasteiger partial charge in [-0.25, -0.2) is 0 Å². The molecule has 0 unspecified atom stereocenters. The van der Waals surface area contributed by atoms with Crippen LogP contribution in [-0.2, 0) is 0 Å². The van der Waals surface area contributed by atoms with E-state index in [4.69, 9.17) is 4.74 Å². The SMILES string of the molecule is CC(C)c1cccc(OCC(=O)c2ccc(I)cc2)c1. The topological polar surface area (TPSA) is 26.3 Å². The van der Waals surface area contributed by atoms with Crippen molar-refractivity contribution in [3.8, 4) is 5.75 Å². The first-order valence-corrected chi connectivity index (χ1v) is 7.65. The lowest BCUT2D eigenvalue weighted by Gasteiger charge is -2.09. The Kier molecular flexibility index (Phi) is 5.17. The zero-order valence-corrected chi connectivity index (χ0v) is 13.8. The third-order valence-corrected chi connectivity index (χ3v) is 3.78.